The third kappa shape index (κ3) is 6.38. The van der Waals surface area contributed by atoms with Gasteiger partial charge in [0.15, 0.2) is 0 Å². The van der Waals surface area contributed by atoms with Gasteiger partial charge in [-0.2, -0.15) is 0 Å². The third-order valence-electron chi connectivity index (χ3n) is 3.89. The topological polar surface area (TPSA) is 52.6 Å². The Bertz CT molecular complexity index is 528. The minimum absolute atomic E-state index is 0.117. The van der Waals surface area contributed by atoms with E-state index in [0.29, 0.717) is 18.8 Å². The van der Waals surface area contributed by atoms with Crippen LogP contribution in [0.3, 0.4) is 0 Å². The van der Waals surface area contributed by atoms with Crippen molar-refractivity contribution >= 4 is 11.9 Å². The maximum absolute atomic E-state index is 13.4. The molecule has 0 amide bonds. The predicted octanol–water partition coefficient (Wildman–Crippen LogP) is 3.45. The van der Waals surface area contributed by atoms with E-state index in [9.17, 15) is 14.0 Å². The Morgan fingerprint density at radius 3 is 2.48 bits per heavy atom. The van der Waals surface area contributed by atoms with Crippen LogP contribution in [0.2, 0.25) is 0 Å². The van der Waals surface area contributed by atoms with Crippen LogP contribution in [0, 0.1) is 11.7 Å². The average molecular weight is 324 g/mol. The Balaban J connectivity index is 0.000000322. The largest absolute Gasteiger partial charge is 0.469 e. The predicted molar refractivity (Wildman–Crippen MR) is 85.5 cm³/mol. The van der Waals surface area contributed by atoms with E-state index in [1.165, 1.54) is 20.3 Å². The van der Waals surface area contributed by atoms with Crippen molar-refractivity contribution in [1.29, 1.82) is 0 Å². The van der Waals surface area contributed by atoms with Crippen LogP contribution < -0.4 is 0 Å². The van der Waals surface area contributed by atoms with Crippen molar-refractivity contribution in [3.63, 3.8) is 0 Å². The second-order valence-corrected chi connectivity index (χ2v) is 5.59. The van der Waals surface area contributed by atoms with Crippen LogP contribution in [0.5, 0.6) is 0 Å². The molecule has 0 fully saturated rings. The molecule has 0 heterocycles. The fraction of sp³-hybridized carbons (Fsp3) is 0.556. The lowest BCUT2D eigenvalue weighted by molar-refractivity contribution is -0.142. The van der Waals surface area contributed by atoms with Gasteiger partial charge in [0.2, 0.25) is 0 Å². The summed E-state index contributed by atoms with van der Waals surface area (Å²) in [6.45, 7) is 1.94. The molecular formula is C18H25FO4. The van der Waals surface area contributed by atoms with E-state index >= 15 is 0 Å². The van der Waals surface area contributed by atoms with Gasteiger partial charge in [0.25, 0.3) is 0 Å². The fourth-order valence-electron chi connectivity index (χ4n) is 2.64. The molecule has 1 aliphatic rings. The first-order valence-corrected chi connectivity index (χ1v) is 7.91. The van der Waals surface area contributed by atoms with E-state index in [4.69, 9.17) is 0 Å². The maximum Gasteiger partial charge on any atom is 0.305 e. The van der Waals surface area contributed by atoms with Crippen molar-refractivity contribution in [2.75, 3.05) is 14.2 Å². The molecular weight excluding hydrogens is 299 g/mol. The number of hydrogen-bond donors (Lipinski definition) is 0. The van der Waals surface area contributed by atoms with Crippen molar-refractivity contribution in [3.05, 3.63) is 35.1 Å². The van der Waals surface area contributed by atoms with Gasteiger partial charge in [-0.05, 0) is 48.8 Å². The number of rotatable bonds is 4. The second-order valence-electron chi connectivity index (χ2n) is 5.59. The molecule has 128 valence electrons. The molecule has 1 atom stereocenters. The fourth-order valence-corrected chi connectivity index (χ4v) is 2.64. The molecule has 0 N–H and O–H groups in total. The number of halogens is 1. The van der Waals surface area contributed by atoms with Gasteiger partial charge in [-0.1, -0.05) is 19.1 Å². The zero-order valence-electron chi connectivity index (χ0n) is 14.1. The lowest BCUT2D eigenvalue weighted by Gasteiger charge is -2.23. The second kappa shape index (κ2) is 9.98. The van der Waals surface area contributed by atoms with E-state index in [2.05, 4.69) is 9.47 Å². The summed E-state index contributed by atoms with van der Waals surface area (Å²) in [6.07, 6.45) is 4.21. The quantitative estimate of drug-likeness (QED) is 0.796. The van der Waals surface area contributed by atoms with Gasteiger partial charge in [0, 0.05) is 12.8 Å². The molecule has 5 heteroatoms. The Morgan fingerprint density at radius 2 is 1.91 bits per heavy atom. The average Bonchev–Trinajstić information content (AvgIpc) is 2.55. The van der Waals surface area contributed by atoms with Gasteiger partial charge in [0.05, 0.1) is 14.2 Å². The van der Waals surface area contributed by atoms with E-state index in [1.54, 1.807) is 6.07 Å². The Kier molecular flexibility index (Phi) is 8.30. The highest BCUT2D eigenvalue weighted by Gasteiger charge is 2.22. The first kappa shape index (κ1) is 19.1. The number of benzene rings is 1. The number of carbonyl (C=O) groups is 2. The summed E-state index contributed by atoms with van der Waals surface area (Å²) in [6, 6.07) is 5.18. The van der Waals surface area contributed by atoms with E-state index < -0.39 is 0 Å². The summed E-state index contributed by atoms with van der Waals surface area (Å²) < 4.78 is 22.4. The molecule has 1 aromatic rings. The SMILES string of the molecule is CCCC(=O)OC.COC(=O)CC1CCc2c(F)cccc2C1. The van der Waals surface area contributed by atoms with Crippen LogP contribution in [0.1, 0.15) is 43.7 Å². The Morgan fingerprint density at radius 1 is 1.22 bits per heavy atom. The van der Waals surface area contributed by atoms with Crippen LogP contribution >= 0.6 is 0 Å². The highest BCUT2D eigenvalue weighted by atomic mass is 19.1. The lowest BCUT2D eigenvalue weighted by Crippen LogP contribution is -2.19. The Labute approximate surface area is 137 Å². The van der Waals surface area contributed by atoms with E-state index in [-0.39, 0.29) is 17.8 Å². The summed E-state index contributed by atoms with van der Waals surface area (Å²) in [7, 11) is 2.80. The van der Waals surface area contributed by atoms with Crippen LogP contribution in [-0.2, 0) is 31.9 Å². The summed E-state index contributed by atoms with van der Waals surface area (Å²) in [5.41, 5.74) is 1.86. The summed E-state index contributed by atoms with van der Waals surface area (Å²) >= 11 is 0. The van der Waals surface area contributed by atoms with Crippen LogP contribution in [-0.4, -0.2) is 26.2 Å². The molecule has 0 saturated carbocycles. The van der Waals surface area contributed by atoms with E-state index in [1.807, 2.05) is 13.0 Å². The highest BCUT2D eigenvalue weighted by molar-refractivity contribution is 5.69. The molecule has 0 aromatic heterocycles. The molecule has 0 spiro atoms. The molecule has 0 radical (unpaired) electrons. The van der Waals surface area contributed by atoms with Gasteiger partial charge in [-0.15, -0.1) is 0 Å². The van der Waals surface area contributed by atoms with Gasteiger partial charge in [0.1, 0.15) is 5.82 Å². The van der Waals surface area contributed by atoms with Crippen LogP contribution in [0.4, 0.5) is 4.39 Å². The molecule has 1 aromatic carbocycles. The highest BCUT2D eigenvalue weighted by Crippen LogP contribution is 2.29. The number of methoxy groups -OCH3 is 2. The van der Waals surface area contributed by atoms with Gasteiger partial charge < -0.3 is 9.47 Å². The molecule has 0 bridgehead atoms. The minimum Gasteiger partial charge on any atom is -0.469 e. The number of esters is 2. The van der Waals surface area contributed by atoms with Gasteiger partial charge >= 0.3 is 11.9 Å². The smallest absolute Gasteiger partial charge is 0.305 e. The summed E-state index contributed by atoms with van der Waals surface area (Å²) in [5, 5.41) is 0. The standard InChI is InChI=1S/C13H15FO2.C5H10O2/c1-16-13(15)8-9-5-6-11-10(7-9)3-2-4-12(11)14;1-3-4-5(6)7-2/h2-4,9H,5-8H2,1H3;3-4H2,1-2H3. The normalized spacial score (nSPS) is 15.7. The van der Waals surface area contributed by atoms with Gasteiger partial charge in [-0.3, -0.25) is 9.59 Å². The van der Waals surface area contributed by atoms with Crippen molar-refractivity contribution in [2.45, 2.75) is 45.4 Å². The van der Waals surface area contributed by atoms with Gasteiger partial charge in [-0.25, -0.2) is 4.39 Å². The molecule has 0 aliphatic heterocycles. The summed E-state index contributed by atoms with van der Waals surface area (Å²) in [4.78, 5) is 21.4. The monoisotopic (exact) mass is 324 g/mol. The third-order valence-corrected chi connectivity index (χ3v) is 3.89. The lowest BCUT2D eigenvalue weighted by atomic mass is 9.82. The maximum atomic E-state index is 13.4. The molecule has 2 rings (SSSR count). The molecule has 0 saturated heterocycles. The molecule has 1 aliphatic carbocycles. The summed E-state index contributed by atoms with van der Waals surface area (Å²) in [5.74, 6) is -0.122. The van der Waals surface area contributed by atoms with Crippen molar-refractivity contribution in [2.24, 2.45) is 5.92 Å². The number of hydrogen-bond acceptors (Lipinski definition) is 4. The number of ether oxygens (including phenoxy) is 2. The van der Waals surface area contributed by atoms with Crippen molar-refractivity contribution in [1.82, 2.24) is 0 Å². The molecule has 23 heavy (non-hydrogen) atoms. The van der Waals surface area contributed by atoms with Crippen LogP contribution in [0.25, 0.3) is 0 Å². The number of fused-ring (bicyclic) bond motifs is 1. The molecule has 1 unspecified atom stereocenters. The Hall–Kier alpha value is -1.91. The first-order valence-electron chi connectivity index (χ1n) is 7.91. The van der Waals surface area contributed by atoms with Crippen molar-refractivity contribution < 1.29 is 23.5 Å². The van der Waals surface area contributed by atoms with Crippen molar-refractivity contribution in [3.8, 4) is 0 Å². The first-order chi connectivity index (χ1) is 11.0. The molecule has 4 nitrogen and oxygen atoms in total. The van der Waals surface area contributed by atoms with Crippen LogP contribution in [0.15, 0.2) is 18.2 Å². The number of carbonyl (C=O) groups excluding carboxylic acids is 2. The minimum atomic E-state index is -0.176. The zero-order valence-corrected chi connectivity index (χ0v) is 14.1. The zero-order chi connectivity index (χ0) is 17.2. The van der Waals surface area contributed by atoms with E-state index in [0.717, 1.165) is 36.8 Å².